The standard InChI is InChI=1S/C16H21BrN2O2S/c1-20-14-7-10(11(17)8-15(14)21-2)9-22-16-18-12-5-3-4-6-13(12)19-16/h7-8,12-13H,3-6,9H2,1-2H3,(H,18,19)/t12-,13-/m1/s1. The molecule has 0 spiro atoms. The van der Waals surface area contributed by atoms with E-state index in [0.717, 1.165) is 26.9 Å². The number of fused-ring (bicyclic) bond motifs is 1. The molecule has 22 heavy (non-hydrogen) atoms. The van der Waals surface area contributed by atoms with Gasteiger partial charge in [-0.2, -0.15) is 0 Å². The van der Waals surface area contributed by atoms with E-state index in [4.69, 9.17) is 14.5 Å². The lowest BCUT2D eigenvalue weighted by atomic mass is 9.92. The van der Waals surface area contributed by atoms with Crippen LogP contribution in [0.5, 0.6) is 11.5 Å². The Morgan fingerprint density at radius 1 is 1.23 bits per heavy atom. The average molecular weight is 385 g/mol. The lowest BCUT2D eigenvalue weighted by Crippen LogP contribution is -2.36. The summed E-state index contributed by atoms with van der Waals surface area (Å²) < 4.78 is 11.7. The molecule has 0 amide bonds. The van der Waals surface area contributed by atoms with E-state index in [1.165, 1.54) is 31.2 Å². The van der Waals surface area contributed by atoms with Crippen molar-refractivity contribution in [1.82, 2.24) is 5.32 Å². The van der Waals surface area contributed by atoms with E-state index in [2.05, 4.69) is 21.2 Å². The minimum Gasteiger partial charge on any atom is -0.493 e. The van der Waals surface area contributed by atoms with Gasteiger partial charge in [0.15, 0.2) is 16.7 Å². The van der Waals surface area contributed by atoms with Crippen LogP contribution >= 0.6 is 27.7 Å². The summed E-state index contributed by atoms with van der Waals surface area (Å²) >= 11 is 5.38. The van der Waals surface area contributed by atoms with Crippen LogP contribution in [0.1, 0.15) is 31.2 Å². The van der Waals surface area contributed by atoms with Crippen molar-refractivity contribution in [3.63, 3.8) is 0 Å². The molecule has 0 unspecified atom stereocenters. The van der Waals surface area contributed by atoms with E-state index in [1.807, 2.05) is 12.1 Å². The Kier molecular flexibility index (Phi) is 5.18. The minimum absolute atomic E-state index is 0.491. The van der Waals surface area contributed by atoms with Crippen LogP contribution < -0.4 is 14.8 Å². The van der Waals surface area contributed by atoms with Crippen LogP contribution in [-0.4, -0.2) is 31.5 Å². The van der Waals surface area contributed by atoms with E-state index < -0.39 is 0 Å². The summed E-state index contributed by atoms with van der Waals surface area (Å²) in [6.07, 6.45) is 5.11. The maximum absolute atomic E-state index is 5.38. The normalized spacial score (nSPS) is 23.5. The summed E-state index contributed by atoms with van der Waals surface area (Å²) in [7, 11) is 3.31. The van der Waals surface area contributed by atoms with Gasteiger partial charge in [0, 0.05) is 10.2 Å². The van der Waals surface area contributed by atoms with Crippen molar-refractivity contribution >= 4 is 32.9 Å². The van der Waals surface area contributed by atoms with E-state index in [1.54, 1.807) is 26.0 Å². The zero-order valence-electron chi connectivity index (χ0n) is 12.9. The van der Waals surface area contributed by atoms with Crippen molar-refractivity contribution < 1.29 is 9.47 Å². The third-order valence-electron chi connectivity index (χ3n) is 4.24. The number of ether oxygens (including phenoxy) is 2. The summed E-state index contributed by atoms with van der Waals surface area (Å²) in [4.78, 5) is 4.83. The van der Waals surface area contributed by atoms with Gasteiger partial charge in [0.05, 0.1) is 26.3 Å². The average Bonchev–Trinajstić information content (AvgIpc) is 2.96. The topological polar surface area (TPSA) is 42.8 Å². The number of hydrogen-bond acceptors (Lipinski definition) is 5. The highest BCUT2D eigenvalue weighted by molar-refractivity contribution is 9.10. The summed E-state index contributed by atoms with van der Waals surface area (Å²) in [5.41, 5.74) is 1.18. The second-order valence-electron chi connectivity index (χ2n) is 5.62. The smallest absolute Gasteiger partial charge is 0.161 e. The number of benzene rings is 1. The zero-order chi connectivity index (χ0) is 15.5. The van der Waals surface area contributed by atoms with Gasteiger partial charge in [-0.15, -0.1) is 0 Å². The van der Waals surface area contributed by atoms with Gasteiger partial charge in [0.25, 0.3) is 0 Å². The molecule has 1 saturated carbocycles. The molecule has 120 valence electrons. The quantitative estimate of drug-likeness (QED) is 0.852. The minimum atomic E-state index is 0.491. The number of aliphatic imine (C=N–C) groups is 1. The molecule has 0 radical (unpaired) electrons. The third kappa shape index (κ3) is 3.38. The van der Waals surface area contributed by atoms with Crippen molar-refractivity contribution in [2.75, 3.05) is 14.2 Å². The second-order valence-corrected chi connectivity index (χ2v) is 7.44. The fraction of sp³-hybridized carbons (Fsp3) is 0.562. The predicted molar refractivity (Wildman–Crippen MR) is 95.2 cm³/mol. The van der Waals surface area contributed by atoms with Gasteiger partial charge in [0.1, 0.15) is 0 Å². The molecule has 1 aromatic carbocycles. The Morgan fingerprint density at radius 3 is 2.68 bits per heavy atom. The molecule has 1 aliphatic carbocycles. The largest absolute Gasteiger partial charge is 0.493 e. The molecule has 1 aromatic rings. The fourth-order valence-corrected chi connectivity index (χ4v) is 4.64. The molecule has 0 saturated heterocycles. The molecule has 6 heteroatoms. The van der Waals surface area contributed by atoms with Gasteiger partial charge in [-0.3, -0.25) is 4.99 Å². The van der Waals surface area contributed by atoms with Gasteiger partial charge in [-0.1, -0.05) is 40.5 Å². The summed E-state index contributed by atoms with van der Waals surface area (Å²) in [6.45, 7) is 0. The molecule has 0 bridgehead atoms. The molecule has 4 nitrogen and oxygen atoms in total. The first-order chi connectivity index (χ1) is 10.7. The van der Waals surface area contributed by atoms with Gasteiger partial charge in [-0.25, -0.2) is 0 Å². The number of methoxy groups -OCH3 is 2. The van der Waals surface area contributed by atoms with Crippen molar-refractivity contribution in [1.29, 1.82) is 0 Å². The van der Waals surface area contributed by atoms with Crippen LogP contribution in [0.3, 0.4) is 0 Å². The molecule has 2 aliphatic rings. The number of nitrogens with zero attached hydrogens (tertiary/aromatic N) is 1. The van der Waals surface area contributed by atoms with Crippen molar-refractivity contribution in [3.05, 3.63) is 22.2 Å². The number of rotatable bonds is 4. The number of amidine groups is 1. The van der Waals surface area contributed by atoms with Crippen LogP contribution in [0.25, 0.3) is 0 Å². The van der Waals surface area contributed by atoms with E-state index in [-0.39, 0.29) is 0 Å². The lowest BCUT2D eigenvalue weighted by Gasteiger charge is -2.23. The van der Waals surface area contributed by atoms with Crippen molar-refractivity contribution in [2.24, 2.45) is 4.99 Å². The number of nitrogens with one attached hydrogen (secondary N) is 1. The van der Waals surface area contributed by atoms with Gasteiger partial charge >= 0.3 is 0 Å². The highest BCUT2D eigenvalue weighted by Gasteiger charge is 2.30. The monoisotopic (exact) mass is 384 g/mol. The molecule has 1 aliphatic heterocycles. The van der Waals surface area contributed by atoms with Crippen molar-refractivity contribution in [3.8, 4) is 11.5 Å². The van der Waals surface area contributed by atoms with E-state index in [0.29, 0.717) is 12.1 Å². The maximum atomic E-state index is 5.38. The Bertz CT molecular complexity index is 580. The molecule has 2 atom stereocenters. The number of halogens is 1. The fourth-order valence-electron chi connectivity index (χ4n) is 3.01. The highest BCUT2D eigenvalue weighted by Crippen LogP contribution is 2.35. The van der Waals surface area contributed by atoms with E-state index >= 15 is 0 Å². The Hall–Kier alpha value is -0.880. The summed E-state index contributed by atoms with van der Waals surface area (Å²) in [5.74, 6) is 2.36. The zero-order valence-corrected chi connectivity index (χ0v) is 15.3. The van der Waals surface area contributed by atoms with Crippen molar-refractivity contribution in [2.45, 2.75) is 43.5 Å². The summed E-state index contributed by atoms with van der Waals surface area (Å²) in [5, 5.41) is 4.66. The van der Waals surface area contributed by atoms with Crippen LogP contribution in [0.4, 0.5) is 0 Å². The van der Waals surface area contributed by atoms with Crippen LogP contribution in [0, 0.1) is 0 Å². The Balaban J connectivity index is 1.66. The second kappa shape index (κ2) is 7.13. The third-order valence-corrected chi connectivity index (χ3v) is 5.93. The Labute approximate surface area is 144 Å². The molecule has 1 heterocycles. The first-order valence-corrected chi connectivity index (χ1v) is 9.36. The van der Waals surface area contributed by atoms with Crippen LogP contribution in [0.15, 0.2) is 21.6 Å². The maximum Gasteiger partial charge on any atom is 0.161 e. The van der Waals surface area contributed by atoms with Crippen LogP contribution in [-0.2, 0) is 5.75 Å². The van der Waals surface area contributed by atoms with E-state index in [9.17, 15) is 0 Å². The first-order valence-electron chi connectivity index (χ1n) is 7.59. The number of thioether (sulfide) groups is 1. The van der Waals surface area contributed by atoms with Gasteiger partial charge in [0.2, 0.25) is 0 Å². The lowest BCUT2D eigenvalue weighted by molar-refractivity contribution is 0.354. The molecular formula is C16H21BrN2O2S. The molecule has 1 N–H and O–H groups in total. The highest BCUT2D eigenvalue weighted by atomic mass is 79.9. The molecular weight excluding hydrogens is 364 g/mol. The van der Waals surface area contributed by atoms with Gasteiger partial charge < -0.3 is 14.8 Å². The predicted octanol–water partition coefficient (Wildman–Crippen LogP) is 3.97. The molecule has 3 rings (SSSR count). The molecule has 0 aromatic heterocycles. The SMILES string of the molecule is COc1cc(Br)c(CSC2=N[C@@H]3CCCC[C@H]3N2)cc1OC. The number of hydrogen-bond donors (Lipinski definition) is 1. The summed E-state index contributed by atoms with van der Waals surface area (Å²) in [6, 6.07) is 5.03. The van der Waals surface area contributed by atoms with Crippen LogP contribution in [0.2, 0.25) is 0 Å². The Morgan fingerprint density at radius 2 is 1.95 bits per heavy atom. The first kappa shape index (κ1) is 16.0. The van der Waals surface area contributed by atoms with Gasteiger partial charge in [-0.05, 0) is 30.5 Å². The molecule has 1 fully saturated rings.